The Hall–Kier alpha value is -1.74. The second kappa shape index (κ2) is 4.86. The molecule has 0 bridgehead atoms. The molecule has 16 heavy (non-hydrogen) atoms. The van der Waals surface area contributed by atoms with Crippen LogP contribution in [0.5, 0.6) is 0 Å². The lowest BCUT2D eigenvalue weighted by atomic mass is 10.00. The summed E-state index contributed by atoms with van der Waals surface area (Å²) >= 11 is 0. The van der Waals surface area contributed by atoms with Crippen LogP contribution in [-0.4, -0.2) is 4.98 Å². The Bertz CT molecular complexity index is 456. The maximum atomic E-state index is 13.5. The van der Waals surface area contributed by atoms with E-state index in [0.717, 1.165) is 5.56 Å². The number of rotatable bonds is 3. The quantitative estimate of drug-likeness (QED) is 0.856. The molecule has 2 rings (SSSR count). The number of nitrogens with zero attached hydrogens (tertiary/aromatic N) is 1. The van der Waals surface area contributed by atoms with Crippen molar-refractivity contribution in [3.63, 3.8) is 0 Å². The molecule has 1 aromatic carbocycles. The van der Waals surface area contributed by atoms with Gasteiger partial charge in [0.1, 0.15) is 5.82 Å². The average Bonchev–Trinajstić information content (AvgIpc) is 2.31. The van der Waals surface area contributed by atoms with Crippen LogP contribution < -0.4 is 5.73 Å². The predicted molar refractivity (Wildman–Crippen MR) is 61.3 cm³/mol. The van der Waals surface area contributed by atoms with Gasteiger partial charge in [-0.05, 0) is 30.2 Å². The van der Waals surface area contributed by atoms with E-state index >= 15 is 0 Å². The summed E-state index contributed by atoms with van der Waals surface area (Å²) in [5.41, 5.74) is 7.58. The van der Waals surface area contributed by atoms with E-state index in [1.54, 1.807) is 30.6 Å². The molecule has 2 nitrogen and oxygen atoms in total. The summed E-state index contributed by atoms with van der Waals surface area (Å²) < 4.78 is 13.5. The second-order valence-corrected chi connectivity index (χ2v) is 3.69. The van der Waals surface area contributed by atoms with E-state index in [9.17, 15) is 4.39 Å². The van der Waals surface area contributed by atoms with E-state index in [1.165, 1.54) is 6.07 Å². The SMILES string of the molecule is NC(Cc1ccncc1)c1ccccc1F. The molecule has 1 atom stereocenters. The third-order valence-corrected chi connectivity index (χ3v) is 2.51. The lowest BCUT2D eigenvalue weighted by Gasteiger charge is -2.12. The standard InChI is InChI=1S/C13H13FN2/c14-12-4-2-1-3-11(12)13(15)9-10-5-7-16-8-6-10/h1-8,13H,9,15H2. The zero-order chi connectivity index (χ0) is 11.4. The molecule has 1 unspecified atom stereocenters. The van der Waals surface area contributed by atoms with Gasteiger partial charge in [-0.2, -0.15) is 0 Å². The van der Waals surface area contributed by atoms with E-state index in [4.69, 9.17) is 5.73 Å². The molecule has 0 aliphatic heterocycles. The van der Waals surface area contributed by atoms with E-state index in [-0.39, 0.29) is 11.9 Å². The Balaban J connectivity index is 2.15. The molecule has 0 saturated carbocycles. The van der Waals surface area contributed by atoms with Crippen molar-refractivity contribution >= 4 is 0 Å². The van der Waals surface area contributed by atoms with Gasteiger partial charge in [0.05, 0.1) is 0 Å². The minimum Gasteiger partial charge on any atom is -0.324 e. The van der Waals surface area contributed by atoms with Crippen molar-refractivity contribution in [1.82, 2.24) is 4.98 Å². The van der Waals surface area contributed by atoms with Gasteiger partial charge in [-0.1, -0.05) is 18.2 Å². The highest BCUT2D eigenvalue weighted by Crippen LogP contribution is 2.18. The predicted octanol–water partition coefficient (Wildman–Crippen LogP) is 2.46. The first kappa shape index (κ1) is 10.8. The van der Waals surface area contributed by atoms with Crippen molar-refractivity contribution in [2.45, 2.75) is 12.5 Å². The number of nitrogens with two attached hydrogens (primary N) is 1. The molecule has 0 amide bonds. The van der Waals surface area contributed by atoms with Crippen LogP contribution in [0.4, 0.5) is 4.39 Å². The molecule has 0 fully saturated rings. The van der Waals surface area contributed by atoms with Crippen LogP contribution in [0.2, 0.25) is 0 Å². The Morgan fingerprint density at radius 1 is 1.12 bits per heavy atom. The van der Waals surface area contributed by atoms with Gasteiger partial charge in [-0.15, -0.1) is 0 Å². The van der Waals surface area contributed by atoms with Gasteiger partial charge in [0.15, 0.2) is 0 Å². The average molecular weight is 216 g/mol. The number of pyridine rings is 1. The van der Waals surface area contributed by atoms with Gasteiger partial charge >= 0.3 is 0 Å². The molecule has 0 saturated heterocycles. The molecule has 1 heterocycles. The summed E-state index contributed by atoms with van der Waals surface area (Å²) in [4.78, 5) is 3.93. The highest BCUT2D eigenvalue weighted by atomic mass is 19.1. The fourth-order valence-corrected chi connectivity index (χ4v) is 1.66. The fourth-order valence-electron chi connectivity index (χ4n) is 1.66. The van der Waals surface area contributed by atoms with E-state index < -0.39 is 0 Å². The Labute approximate surface area is 93.9 Å². The lowest BCUT2D eigenvalue weighted by Crippen LogP contribution is -2.14. The minimum atomic E-state index is -0.316. The lowest BCUT2D eigenvalue weighted by molar-refractivity contribution is 0.580. The van der Waals surface area contributed by atoms with Gasteiger partial charge in [-0.25, -0.2) is 4.39 Å². The van der Waals surface area contributed by atoms with Crippen molar-refractivity contribution in [3.8, 4) is 0 Å². The number of halogens is 1. The third-order valence-electron chi connectivity index (χ3n) is 2.51. The van der Waals surface area contributed by atoms with E-state index in [2.05, 4.69) is 4.98 Å². The molecule has 1 aromatic heterocycles. The summed E-state index contributed by atoms with van der Waals surface area (Å²) in [7, 11) is 0. The van der Waals surface area contributed by atoms with Crippen LogP contribution in [0.25, 0.3) is 0 Å². The van der Waals surface area contributed by atoms with Crippen molar-refractivity contribution in [2.24, 2.45) is 5.73 Å². The molecule has 0 radical (unpaired) electrons. The molecule has 2 aromatic rings. The van der Waals surface area contributed by atoms with Gasteiger partial charge in [0.25, 0.3) is 0 Å². The fraction of sp³-hybridized carbons (Fsp3) is 0.154. The Morgan fingerprint density at radius 3 is 2.50 bits per heavy atom. The van der Waals surface area contributed by atoms with Crippen LogP contribution in [0, 0.1) is 5.82 Å². The normalized spacial score (nSPS) is 12.4. The monoisotopic (exact) mass is 216 g/mol. The number of aromatic nitrogens is 1. The highest BCUT2D eigenvalue weighted by Gasteiger charge is 2.10. The number of hydrogen-bond donors (Lipinski definition) is 1. The Morgan fingerprint density at radius 2 is 1.81 bits per heavy atom. The zero-order valence-electron chi connectivity index (χ0n) is 8.81. The number of hydrogen-bond acceptors (Lipinski definition) is 2. The first-order chi connectivity index (χ1) is 7.77. The van der Waals surface area contributed by atoms with Crippen LogP contribution >= 0.6 is 0 Å². The van der Waals surface area contributed by atoms with Gasteiger partial charge in [0.2, 0.25) is 0 Å². The van der Waals surface area contributed by atoms with Crippen LogP contribution in [0.3, 0.4) is 0 Å². The third kappa shape index (κ3) is 2.44. The van der Waals surface area contributed by atoms with E-state index in [0.29, 0.717) is 12.0 Å². The number of benzene rings is 1. The van der Waals surface area contributed by atoms with Crippen molar-refractivity contribution in [2.75, 3.05) is 0 Å². The molecule has 0 aliphatic rings. The van der Waals surface area contributed by atoms with Crippen LogP contribution in [0.15, 0.2) is 48.8 Å². The van der Waals surface area contributed by atoms with Crippen molar-refractivity contribution in [1.29, 1.82) is 0 Å². The topological polar surface area (TPSA) is 38.9 Å². The first-order valence-corrected chi connectivity index (χ1v) is 5.16. The van der Waals surface area contributed by atoms with Crippen molar-refractivity contribution < 1.29 is 4.39 Å². The molecule has 0 aliphatic carbocycles. The summed E-state index contributed by atoms with van der Waals surface area (Å²) in [5, 5.41) is 0. The molecule has 3 heteroatoms. The zero-order valence-corrected chi connectivity index (χ0v) is 8.81. The minimum absolute atomic E-state index is 0.246. The summed E-state index contributed by atoms with van der Waals surface area (Å²) in [6.07, 6.45) is 4.04. The molecule has 2 N–H and O–H groups in total. The van der Waals surface area contributed by atoms with Crippen molar-refractivity contribution in [3.05, 3.63) is 65.7 Å². The maximum Gasteiger partial charge on any atom is 0.127 e. The second-order valence-electron chi connectivity index (χ2n) is 3.69. The largest absolute Gasteiger partial charge is 0.324 e. The van der Waals surface area contributed by atoms with Crippen LogP contribution in [-0.2, 0) is 6.42 Å². The maximum absolute atomic E-state index is 13.5. The Kier molecular flexibility index (Phi) is 3.27. The molecule has 0 spiro atoms. The van der Waals surface area contributed by atoms with Gasteiger partial charge in [0, 0.05) is 24.0 Å². The summed E-state index contributed by atoms with van der Waals surface area (Å²) in [5.74, 6) is -0.246. The molecule has 82 valence electrons. The summed E-state index contributed by atoms with van der Waals surface area (Å²) in [6.45, 7) is 0. The van der Waals surface area contributed by atoms with Crippen LogP contribution in [0.1, 0.15) is 17.2 Å². The van der Waals surface area contributed by atoms with Gasteiger partial charge < -0.3 is 5.73 Å². The van der Waals surface area contributed by atoms with Gasteiger partial charge in [-0.3, -0.25) is 4.98 Å². The highest BCUT2D eigenvalue weighted by molar-refractivity contribution is 5.23. The molecular formula is C13H13FN2. The summed E-state index contributed by atoms with van der Waals surface area (Å²) in [6, 6.07) is 10.1. The molecular weight excluding hydrogens is 203 g/mol. The first-order valence-electron chi connectivity index (χ1n) is 5.16. The van der Waals surface area contributed by atoms with E-state index in [1.807, 2.05) is 12.1 Å². The smallest absolute Gasteiger partial charge is 0.127 e.